The van der Waals surface area contributed by atoms with E-state index in [-0.39, 0.29) is 11.5 Å². The van der Waals surface area contributed by atoms with Gasteiger partial charge in [0.15, 0.2) is 0 Å². The van der Waals surface area contributed by atoms with Crippen LogP contribution in [0.5, 0.6) is 0 Å². The van der Waals surface area contributed by atoms with Gasteiger partial charge in [-0.2, -0.15) is 13.2 Å². The van der Waals surface area contributed by atoms with Gasteiger partial charge in [-0.3, -0.25) is 0 Å². The lowest BCUT2D eigenvalue weighted by molar-refractivity contribution is -0.134. The number of hydrogen-bond donors (Lipinski definition) is 2. The molecule has 1 atom stereocenters. The van der Waals surface area contributed by atoms with E-state index in [0.29, 0.717) is 13.0 Å². The van der Waals surface area contributed by atoms with E-state index >= 15 is 0 Å². The molecule has 8 heteroatoms. The molecule has 0 saturated carbocycles. The topological polar surface area (TPSA) is 72.2 Å². The Morgan fingerprint density at radius 2 is 1.74 bits per heavy atom. The molecule has 0 amide bonds. The van der Waals surface area contributed by atoms with Crippen LogP contribution < -0.4 is 10.5 Å². The van der Waals surface area contributed by atoms with Gasteiger partial charge in [0.05, 0.1) is 5.75 Å². The van der Waals surface area contributed by atoms with Crippen molar-refractivity contribution in [1.82, 2.24) is 4.72 Å². The third-order valence-electron chi connectivity index (χ3n) is 2.70. The molecule has 0 saturated heterocycles. The Kier molecular flexibility index (Phi) is 6.77. The van der Waals surface area contributed by atoms with Crippen molar-refractivity contribution in [3.63, 3.8) is 0 Å². The van der Waals surface area contributed by atoms with Crippen LogP contribution in [-0.4, -0.2) is 32.9 Å². The van der Waals surface area contributed by atoms with Crippen molar-refractivity contribution < 1.29 is 21.6 Å². The molecular formula is C11H23F3N2O2S. The maximum absolute atomic E-state index is 12.0. The van der Waals surface area contributed by atoms with Crippen molar-refractivity contribution in [1.29, 1.82) is 0 Å². The van der Waals surface area contributed by atoms with Crippen LogP contribution in [0.1, 0.15) is 40.0 Å². The molecule has 19 heavy (non-hydrogen) atoms. The Balaban J connectivity index is 4.48. The number of hydrogen-bond acceptors (Lipinski definition) is 3. The molecule has 0 aliphatic rings. The predicted molar refractivity (Wildman–Crippen MR) is 69.1 cm³/mol. The summed E-state index contributed by atoms with van der Waals surface area (Å²) in [5, 5.41) is 0. The van der Waals surface area contributed by atoms with Crippen molar-refractivity contribution in [2.24, 2.45) is 11.1 Å². The third-order valence-corrected chi connectivity index (χ3v) is 4.17. The Bertz CT molecular complexity index is 361. The molecule has 0 aromatic rings. The Morgan fingerprint density at radius 3 is 2.11 bits per heavy atom. The molecule has 0 spiro atoms. The van der Waals surface area contributed by atoms with Crippen LogP contribution in [0.25, 0.3) is 0 Å². The average molecular weight is 304 g/mol. The monoisotopic (exact) mass is 304 g/mol. The summed E-state index contributed by atoms with van der Waals surface area (Å²) < 4.78 is 61.8. The van der Waals surface area contributed by atoms with E-state index < -0.39 is 34.8 Å². The number of halogens is 3. The lowest BCUT2D eigenvalue weighted by Gasteiger charge is -2.31. The predicted octanol–water partition coefficient (Wildman–Crippen LogP) is 2.01. The molecular weight excluding hydrogens is 281 g/mol. The van der Waals surface area contributed by atoms with Crippen molar-refractivity contribution >= 4 is 10.0 Å². The first kappa shape index (κ1) is 18.7. The highest BCUT2D eigenvalue weighted by Gasteiger charge is 2.30. The van der Waals surface area contributed by atoms with Gasteiger partial charge < -0.3 is 5.73 Å². The van der Waals surface area contributed by atoms with Gasteiger partial charge in [-0.05, 0) is 24.8 Å². The molecule has 0 rings (SSSR count). The Morgan fingerprint density at radius 1 is 1.21 bits per heavy atom. The summed E-state index contributed by atoms with van der Waals surface area (Å²) >= 11 is 0. The van der Waals surface area contributed by atoms with Crippen molar-refractivity contribution in [3.05, 3.63) is 0 Å². The standard InChI is InChI=1S/C11H23F3N2O2S/c1-10(2,3)9(5-7-15)16-19(17,18)8-4-6-11(12,13)14/h9,16H,4-8,15H2,1-3H3. The first-order chi connectivity index (χ1) is 8.37. The number of rotatable bonds is 7. The van der Waals surface area contributed by atoms with Gasteiger partial charge in [0, 0.05) is 12.5 Å². The van der Waals surface area contributed by atoms with E-state index in [1.165, 1.54) is 0 Å². The fourth-order valence-electron chi connectivity index (χ4n) is 1.57. The van der Waals surface area contributed by atoms with Gasteiger partial charge in [-0.1, -0.05) is 20.8 Å². The third kappa shape index (κ3) is 9.23. The summed E-state index contributed by atoms with van der Waals surface area (Å²) in [7, 11) is -3.71. The number of nitrogens with two attached hydrogens (primary N) is 1. The molecule has 0 aromatic carbocycles. The summed E-state index contributed by atoms with van der Waals surface area (Å²) in [6.45, 7) is 5.87. The lowest BCUT2D eigenvalue weighted by atomic mass is 9.85. The summed E-state index contributed by atoms with van der Waals surface area (Å²) in [5.41, 5.74) is 5.08. The highest BCUT2D eigenvalue weighted by molar-refractivity contribution is 7.89. The average Bonchev–Trinajstić information content (AvgIpc) is 2.12. The minimum Gasteiger partial charge on any atom is -0.330 e. The molecule has 3 N–H and O–H groups in total. The summed E-state index contributed by atoms with van der Waals surface area (Å²) in [6.07, 6.45) is -5.40. The van der Waals surface area contributed by atoms with Crippen LogP contribution in [0.2, 0.25) is 0 Å². The van der Waals surface area contributed by atoms with Gasteiger partial charge in [-0.25, -0.2) is 13.1 Å². The van der Waals surface area contributed by atoms with Crippen molar-refractivity contribution in [3.8, 4) is 0 Å². The van der Waals surface area contributed by atoms with E-state index in [4.69, 9.17) is 5.73 Å². The molecule has 0 bridgehead atoms. The van der Waals surface area contributed by atoms with Crippen LogP contribution in [0, 0.1) is 5.41 Å². The summed E-state index contributed by atoms with van der Waals surface area (Å²) in [4.78, 5) is 0. The number of alkyl halides is 3. The first-order valence-corrected chi connectivity index (χ1v) is 7.79. The maximum Gasteiger partial charge on any atom is 0.389 e. The zero-order valence-electron chi connectivity index (χ0n) is 11.5. The largest absolute Gasteiger partial charge is 0.389 e. The molecule has 0 aliphatic heterocycles. The molecule has 0 radical (unpaired) electrons. The fourth-order valence-corrected chi connectivity index (χ4v) is 3.12. The molecule has 1 unspecified atom stereocenters. The van der Waals surface area contributed by atoms with Gasteiger partial charge in [0.1, 0.15) is 0 Å². The minimum atomic E-state index is -4.32. The van der Waals surface area contributed by atoms with Gasteiger partial charge in [0.2, 0.25) is 10.0 Å². The van der Waals surface area contributed by atoms with Crippen LogP contribution >= 0.6 is 0 Å². The number of nitrogens with one attached hydrogen (secondary N) is 1. The van der Waals surface area contributed by atoms with Gasteiger partial charge in [0.25, 0.3) is 0 Å². The molecule has 0 fully saturated rings. The van der Waals surface area contributed by atoms with Crippen LogP contribution in [0.4, 0.5) is 13.2 Å². The van der Waals surface area contributed by atoms with Crippen molar-refractivity contribution in [2.45, 2.75) is 52.3 Å². The number of sulfonamides is 1. The molecule has 0 heterocycles. The highest BCUT2D eigenvalue weighted by Crippen LogP contribution is 2.24. The second-order valence-electron chi connectivity index (χ2n) is 5.65. The van der Waals surface area contributed by atoms with E-state index in [1.807, 2.05) is 20.8 Å². The summed E-state index contributed by atoms with van der Waals surface area (Å²) in [6, 6.07) is -0.381. The first-order valence-electron chi connectivity index (χ1n) is 6.14. The van der Waals surface area contributed by atoms with Crippen LogP contribution in [0.3, 0.4) is 0 Å². The SMILES string of the molecule is CC(C)(C)C(CCN)NS(=O)(=O)CCCC(F)(F)F. The highest BCUT2D eigenvalue weighted by atomic mass is 32.2. The second kappa shape index (κ2) is 6.90. The Labute approximate surface area is 113 Å². The van der Waals surface area contributed by atoms with E-state index in [0.717, 1.165) is 0 Å². The molecule has 116 valence electrons. The Hall–Kier alpha value is -0.340. The zero-order chi connectivity index (χ0) is 15.3. The van der Waals surface area contributed by atoms with Crippen molar-refractivity contribution in [2.75, 3.05) is 12.3 Å². The van der Waals surface area contributed by atoms with Gasteiger partial charge in [-0.15, -0.1) is 0 Å². The van der Waals surface area contributed by atoms with E-state index in [1.54, 1.807) is 0 Å². The normalized spacial score (nSPS) is 15.5. The van der Waals surface area contributed by atoms with E-state index in [2.05, 4.69) is 4.72 Å². The lowest BCUT2D eigenvalue weighted by Crippen LogP contribution is -2.45. The smallest absolute Gasteiger partial charge is 0.330 e. The van der Waals surface area contributed by atoms with Gasteiger partial charge >= 0.3 is 6.18 Å². The second-order valence-corrected chi connectivity index (χ2v) is 7.52. The van der Waals surface area contributed by atoms with E-state index in [9.17, 15) is 21.6 Å². The molecule has 0 aliphatic carbocycles. The fraction of sp³-hybridized carbons (Fsp3) is 1.00. The van der Waals surface area contributed by atoms with Crippen LogP contribution in [0.15, 0.2) is 0 Å². The molecule has 0 aromatic heterocycles. The van der Waals surface area contributed by atoms with Crippen LogP contribution in [-0.2, 0) is 10.0 Å². The minimum absolute atomic E-state index is 0.313. The molecule has 4 nitrogen and oxygen atoms in total. The maximum atomic E-state index is 12.0. The zero-order valence-corrected chi connectivity index (χ0v) is 12.4. The quantitative estimate of drug-likeness (QED) is 0.756. The summed E-state index contributed by atoms with van der Waals surface area (Å²) in [5.74, 6) is -0.524.